The molecule has 0 bridgehead atoms. The SMILES string of the molecule is Cc1cc(N2C(=O)C(O)=C(C(=O)c3ccco3)C2c2ccncc2)no1. The molecule has 4 heterocycles. The molecule has 1 N–H and O–H groups in total. The van der Waals surface area contributed by atoms with Gasteiger partial charge in [-0.2, -0.15) is 0 Å². The molecule has 0 saturated heterocycles. The zero-order valence-corrected chi connectivity index (χ0v) is 13.6. The summed E-state index contributed by atoms with van der Waals surface area (Å²) >= 11 is 0. The molecule has 8 heteroatoms. The molecule has 1 unspecified atom stereocenters. The zero-order chi connectivity index (χ0) is 18.3. The summed E-state index contributed by atoms with van der Waals surface area (Å²) in [5.41, 5.74) is 0.504. The van der Waals surface area contributed by atoms with Gasteiger partial charge in [-0.25, -0.2) is 0 Å². The van der Waals surface area contributed by atoms with Gasteiger partial charge in [0.2, 0.25) is 5.78 Å². The van der Waals surface area contributed by atoms with Crippen LogP contribution in [0, 0.1) is 6.92 Å². The van der Waals surface area contributed by atoms with Gasteiger partial charge in [-0.05, 0) is 36.8 Å². The van der Waals surface area contributed by atoms with Crippen molar-refractivity contribution in [1.82, 2.24) is 10.1 Å². The highest BCUT2D eigenvalue weighted by atomic mass is 16.5. The zero-order valence-electron chi connectivity index (χ0n) is 13.6. The minimum Gasteiger partial charge on any atom is -0.503 e. The van der Waals surface area contributed by atoms with Crippen molar-refractivity contribution in [3.05, 3.63) is 77.4 Å². The number of aromatic nitrogens is 2. The van der Waals surface area contributed by atoms with Crippen LogP contribution in [0.15, 0.2) is 69.3 Å². The average Bonchev–Trinajstić information content (AvgIpc) is 3.37. The molecule has 4 rings (SSSR count). The molecular formula is C18H13N3O5. The smallest absolute Gasteiger partial charge is 0.295 e. The third-order valence-electron chi connectivity index (χ3n) is 4.08. The highest BCUT2D eigenvalue weighted by Crippen LogP contribution is 2.41. The lowest BCUT2D eigenvalue weighted by molar-refractivity contribution is -0.117. The first-order valence-corrected chi connectivity index (χ1v) is 7.76. The Labute approximate surface area is 147 Å². The highest BCUT2D eigenvalue weighted by molar-refractivity contribution is 6.19. The lowest BCUT2D eigenvalue weighted by Crippen LogP contribution is -2.31. The Kier molecular flexibility index (Phi) is 3.65. The Morgan fingerprint density at radius 2 is 2.04 bits per heavy atom. The predicted molar refractivity (Wildman–Crippen MR) is 88.4 cm³/mol. The number of aryl methyl sites for hydroxylation is 1. The van der Waals surface area contributed by atoms with Gasteiger partial charge in [-0.1, -0.05) is 5.16 Å². The number of carbonyl (C=O) groups is 2. The third-order valence-corrected chi connectivity index (χ3v) is 4.08. The Morgan fingerprint density at radius 3 is 2.65 bits per heavy atom. The van der Waals surface area contributed by atoms with Gasteiger partial charge in [0, 0.05) is 18.5 Å². The number of rotatable bonds is 4. The van der Waals surface area contributed by atoms with E-state index in [1.54, 1.807) is 31.2 Å². The number of pyridine rings is 1. The second-order valence-corrected chi connectivity index (χ2v) is 5.72. The summed E-state index contributed by atoms with van der Waals surface area (Å²) in [5, 5.41) is 14.3. The maximum Gasteiger partial charge on any atom is 0.295 e. The predicted octanol–water partition coefficient (Wildman–Crippen LogP) is 2.75. The van der Waals surface area contributed by atoms with Crippen LogP contribution in [0.3, 0.4) is 0 Å². The molecule has 0 fully saturated rings. The molecule has 1 aliphatic rings. The van der Waals surface area contributed by atoms with Crippen LogP contribution in [0.4, 0.5) is 5.82 Å². The van der Waals surface area contributed by atoms with Crippen molar-refractivity contribution in [2.45, 2.75) is 13.0 Å². The number of hydrogen-bond acceptors (Lipinski definition) is 7. The minimum atomic E-state index is -0.882. The molecule has 8 nitrogen and oxygen atoms in total. The van der Waals surface area contributed by atoms with Crippen molar-refractivity contribution < 1.29 is 23.6 Å². The Bertz CT molecular complexity index is 1000. The van der Waals surface area contributed by atoms with Crippen molar-refractivity contribution in [2.24, 2.45) is 0 Å². The van der Waals surface area contributed by atoms with E-state index < -0.39 is 23.5 Å². The number of ketones is 1. The Morgan fingerprint density at radius 1 is 1.27 bits per heavy atom. The summed E-state index contributed by atoms with van der Waals surface area (Å²) in [6.45, 7) is 1.68. The number of amides is 1. The highest BCUT2D eigenvalue weighted by Gasteiger charge is 2.46. The first kappa shape index (κ1) is 15.8. The van der Waals surface area contributed by atoms with Crippen molar-refractivity contribution >= 4 is 17.5 Å². The number of aliphatic hydroxyl groups excluding tert-OH is 1. The first-order valence-electron chi connectivity index (χ1n) is 7.76. The molecule has 1 atom stereocenters. The summed E-state index contributed by atoms with van der Waals surface area (Å²) in [7, 11) is 0. The van der Waals surface area contributed by atoms with Gasteiger partial charge in [0.05, 0.1) is 17.9 Å². The van der Waals surface area contributed by atoms with Gasteiger partial charge in [0.1, 0.15) is 5.76 Å². The fourth-order valence-corrected chi connectivity index (χ4v) is 2.94. The molecule has 1 aliphatic heterocycles. The number of nitrogens with zero attached hydrogens (tertiary/aromatic N) is 3. The maximum absolute atomic E-state index is 12.9. The van der Waals surface area contributed by atoms with Crippen LogP contribution in [-0.4, -0.2) is 26.9 Å². The summed E-state index contributed by atoms with van der Waals surface area (Å²) in [6, 6.07) is 7.02. The molecule has 0 saturated carbocycles. The van der Waals surface area contributed by atoms with Gasteiger partial charge in [-0.15, -0.1) is 0 Å². The number of aliphatic hydroxyl groups is 1. The van der Waals surface area contributed by atoms with Crippen LogP contribution in [0.1, 0.15) is 27.9 Å². The van der Waals surface area contributed by atoms with Crippen molar-refractivity contribution in [3.63, 3.8) is 0 Å². The molecule has 1 amide bonds. The molecule has 0 spiro atoms. The second kappa shape index (κ2) is 5.99. The molecule has 0 aromatic carbocycles. The van der Waals surface area contributed by atoms with E-state index in [-0.39, 0.29) is 17.2 Å². The molecular weight excluding hydrogens is 338 g/mol. The number of Topliss-reactive ketones (excluding diaryl/α,β-unsaturated/α-hetero) is 1. The quantitative estimate of drug-likeness (QED) is 0.720. The van der Waals surface area contributed by atoms with Crippen molar-refractivity contribution in [1.29, 1.82) is 0 Å². The normalized spacial score (nSPS) is 17.2. The van der Waals surface area contributed by atoms with E-state index in [4.69, 9.17) is 8.94 Å². The van der Waals surface area contributed by atoms with Gasteiger partial charge in [0.15, 0.2) is 17.3 Å². The summed E-state index contributed by atoms with van der Waals surface area (Å²) < 4.78 is 10.2. The summed E-state index contributed by atoms with van der Waals surface area (Å²) in [6.07, 6.45) is 4.43. The lowest BCUT2D eigenvalue weighted by atomic mass is 9.96. The molecule has 130 valence electrons. The van der Waals surface area contributed by atoms with Gasteiger partial charge >= 0.3 is 0 Å². The fraction of sp³-hybridized carbons (Fsp3) is 0.111. The van der Waals surface area contributed by atoms with Crippen LogP contribution >= 0.6 is 0 Å². The molecule has 0 aliphatic carbocycles. The van der Waals surface area contributed by atoms with Gasteiger partial charge in [0.25, 0.3) is 5.91 Å². The minimum absolute atomic E-state index is 0.0246. The topological polar surface area (TPSA) is 110 Å². The molecule has 3 aromatic rings. The largest absolute Gasteiger partial charge is 0.503 e. The number of anilines is 1. The standard InChI is InChI=1S/C18H13N3O5/c1-10-9-13(20-26-10)21-15(11-4-6-19-7-5-11)14(17(23)18(21)24)16(22)12-3-2-8-25-12/h2-9,15,23H,1H3. The van der Waals surface area contributed by atoms with Crippen LogP contribution in [0.25, 0.3) is 0 Å². The molecule has 26 heavy (non-hydrogen) atoms. The summed E-state index contributed by atoms with van der Waals surface area (Å²) in [5.74, 6) is -1.25. The van der Waals surface area contributed by atoms with E-state index in [9.17, 15) is 14.7 Å². The number of carbonyl (C=O) groups excluding carboxylic acids is 2. The van der Waals surface area contributed by atoms with Crippen LogP contribution in [0.2, 0.25) is 0 Å². The van der Waals surface area contributed by atoms with E-state index in [1.165, 1.54) is 29.6 Å². The van der Waals surface area contributed by atoms with Crippen LogP contribution < -0.4 is 4.90 Å². The maximum atomic E-state index is 12.9. The van der Waals surface area contributed by atoms with E-state index >= 15 is 0 Å². The Balaban J connectivity index is 1.88. The third kappa shape index (κ3) is 2.39. The van der Waals surface area contributed by atoms with E-state index in [0.717, 1.165) is 0 Å². The van der Waals surface area contributed by atoms with Crippen LogP contribution in [0.5, 0.6) is 0 Å². The fourth-order valence-electron chi connectivity index (χ4n) is 2.94. The number of hydrogen-bond donors (Lipinski definition) is 1. The van der Waals surface area contributed by atoms with Gasteiger partial charge in [-0.3, -0.25) is 19.5 Å². The second-order valence-electron chi connectivity index (χ2n) is 5.72. The van der Waals surface area contributed by atoms with Crippen molar-refractivity contribution in [3.8, 4) is 0 Å². The first-order chi connectivity index (χ1) is 12.6. The molecule has 3 aromatic heterocycles. The van der Waals surface area contributed by atoms with Crippen LogP contribution in [-0.2, 0) is 4.79 Å². The van der Waals surface area contributed by atoms with E-state index in [1.807, 2.05) is 0 Å². The van der Waals surface area contributed by atoms with E-state index in [0.29, 0.717) is 11.3 Å². The van der Waals surface area contributed by atoms with E-state index in [2.05, 4.69) is 10.1 Å². The van der Waals surface area contributed by atoms with Crippen molar-refractivity contribution in [2.75, 3.05) is 4.90 Å². The average molecular weight is 351 g/mol. The number of furan rings is 1. The summed E-state index contributed by atoms with van der Waals surface area (Å²) in [4.78, 5) is 30.8. The monoisotopic (exact) mass is 351 g/mol. The molecule has 0 radical (unpaired) electrons. The lowest BCUT2D eigenvalue weighted by Gasteiger charge is -2.23. The van der Waals surface area contributed by atoms with Gasteiger partial charge < -0.3 is 14.0 Å². The Hall–Kier alpha value is -3.68.